The van der Waals surface area contributed by atoms with Gasteiger partial charge in [0.25, 0.3) is 0 Å². The van der Waals surface area contributed by atoms with Crippen molar-refractivity contribution >= 4 is 5.91 Å². The molecule has 1 aliphatic carbocycles. The summed E-state index contributed by atoms with van der Waals surface area (Å²) in [5.41, 5.74) is -0.309. The first-order chi connectivity index (χ1) is 10.2. The maximum absolute atomic E-state index is 12.7. The van der Waals surface area contributed by atoms with Crippen LogP contribution in [0, 0.1) is 5.92 Å². The first kappa shape index (κ1) is 15.3. The van der Waals surface area contributed by atoms with Crippen molar-refractivity contribution in [1.82, 2.24) is 10.2 Å². The highest BCUT2D eigenvalue weighted by Gasteiger charge is 2.47. The van der Waals surface area contributed by atoms with E-state index < -0.39 is 0 Å². The van der Waals surface area contributed by atoms with Crippen molar-refractivity contribution in [2.45, 2.75) is 63.3 Å². The smallest absolute Gasteiger partial charge is 0.241 e. The summed E-state index contributed by atoms with van der Waals surface area (Å²) in [4.78, 5) is 14.8. The summed E-state index contributed by atoms with van der Waals surface area (Å²) in [5, 5.41) is 3.58. The maximum atomic E-state index is 12.7. The number of nitrogens with zero attached hydrogens (tertiary/aromatic N) is 1. The summed E-state index contributed by atoms with van der Waals surface area (Å²) < 4.78 is 11.3. The van der Waals surface area contributed by atoms with E-state index in [1.165, 1.54) is 25.7 Å². The predicted octanol–water partition coefficient (Wildman–Crippen LogP) is 1.52. The Balaban J connectivity index is 1.76. The van der Waals surface area contributed by atoms with Crippen molar-refractivity contribution in [2.75, 3.05) is 26.9 Å². The average molecular weight is 296 g/mol. The molecule has 0 aromatic heterocycles. The second-order valence-corrected chi connectivity index (χ2v) is 6.77. The highest BCUT2D eigenvalue weighted by molar-refractivity contribution is 5.84. The van der Waals surface area contributed by atoms with Gasteiger partial charge in [-0.3, -0.25) is 10.1 Å². The summed E-state index contributed by atoms with van der Waals surface area (Å²) in [6, 6.07) is -0.0215. The van der Waals surface area contributed by atoms with Crippen molar-refractivity contribution in [3.63, 3.8) is 0 Å². The minimum atomic E-state index is -0.309. The molecule has 3 atom stereocenters. The fourth-order valence-electron chi connectivity index (χ4n) is 4.09. The van der Waals surface area contributed by atoms with Crippen molar-refractivity contribution in [1.29, 1.82) is 0 Å². The molecule has 0 aromatic carbocycles. The number of hydrogen-bond donors (Lipinski definition) is 1. The Bertz CT molecular complexity index is 376. The molecular formula is C16H28N2O3. The van der Waals surface area contributed by atoms with E-state index in [4.69, 9.17) is 9.47 Å². The van der Waals surface area contributed by atoms with Crippen LogP contribution in [0.25, 0.3) is 0 Å². The molecule has 2 heterocycles. The summed E-state index contributed by atoms with van der Waals surface area (Å²) in [7, 11) is 1.74. The van der Waals surface area contributed by atoms with E-state index in [1.54, 1.807) is 7.11 Å². The van der Waals surface area contributed by atoms with Gasteiger partial charge in [0.15, 0.2) is 0 Å². The molecule has 5 nitrogen and oxygen atoms in total. The second kappa shape index (κ2) is 6.23. The van der Waals surface area contributed by atoms with Crippen molar-refractivity contribution in [2.24, 2.45) is 5.92 Å². The van der Waals surface area contributed by atoms with Gasteiger partial charge in [-0.15, -0.1) is 0 Å². The number of methoxy groups -OCH3 is 1. The molecule has 0 aromatic rings. The van der Waals surface area contributed by atoms with Crippen molar-refractivity contribution < 1.29 is 14.3 Å². The van der Waals surface area contributed by atoms with Crippen LogP contribution in [0.1, 0.15) is 45.4 Å². The summed E-state index contributed by atoms with van der Waals surface area (Å²) in [6.07, 6.45) is 6.97. The highest BCUT2D eigenvalue weighted by Crippen LogP contribution is 2.34. The molecule has 1 saturated carbocycles. The quantitative estimate of drug-likeness (QED) is 0.836. The molecule has 2 aliphatic heterocycles. The van der Waals surface area contributed by atoms with Crippen LogP contribution in [0.5, 0.6) is 0 Å². The lowest BCUT2D eigenvalue weighted by atomic mass is 9.99. The molecule has 1 amide bonds. The Morgan fingerprint density at radius 1 is 1.43 bits per heavy atom. The molecule has 2 saturated heterocycles. The van der Waals surface area contributed by atoms with Gasteiger partial charge >= 0.3 is 0 Å². The lowest BCUT2D eigenvalue weighted by molar-refractivity contribution is -0.135. The molecular weight excluding hydrogens is 268 g/mol. The van der Waals surface area contributed by atoms with E-state index in [9.17, 15) is 4.79 Å². The minimum absolute atomic E-state index is 0.0215. The maximum Gasteiger partial charge on any atom is 0.241 e. The monoisotopic (exact) mass is 296 g/mol. The minimum Gasteiger partial charge on any atom is -0.378 e. The number of carbonyl (C=O) groups is 1. The second-order valence-electron chi connectivity index (χ2n) is 6.77. The Labute approximate surface area is 127 Å². The molecule has 5 heteroatoms. The Morgan fingerprint density at radius 2 is 2.19 bits per heavy atom. The third-order valence-corrected chi connectivity index (χ3v) is 5.50. The Morgan fingerprint density at radius 3 is 2.76 bits per heavy atom. The van der Waals surface area contributed by atoms with Crippen molar-refractivity contribution in [3.05, 3.63) is 0 Å². The van der Waals surface area contributed by atoms with Gasteiger partial charge in [-0.05, 0) is 25.2 Å². The van der Waals surface area contributed by atoms with Crippen LogP contribution in [0.15, 0.2) is 0 Å². The third kappa shape index (κ3) is 2.83. The zero-order valence-corrected chi connectivity index (χ0v) is 13.3. The normalized spacial score (nSPS) is 37.8. The zero-order valence-electron chi connectivity index (χ0n) is 13.3. The van der Waals surface area contributed by atoms with Gasteiger partial charge in [0.2, 0.25) is 5.91 Å². The van der Waals surface area contributed by atoms with Crippen LogP contribution in [0.4, 0.5) is 0 Å². The van der Waals surface area contributed by atoms with Crippen LogP contribution >= 0.6 is 0 Å². The predicted molar refractivity (Wildman–Crippen MR) is 79.8 cm³/mol. The number of hydrogen-bond acceptors (Lipinski definition) is 4. The summed E-state index contributed by atoms with van der Waals surface area (Å²) >= 11 is 0. The molecule has 0 bridgehead atoms. The number of rotatable bonds is 5. The fraction of sp³-hybridized carbons (Fsp3) is 0.938. The zero-order chi connectivity index (χ0) is 14.9. The van der Waals surface area contributed by atoms with E-state index in [-0.39, 0.29) is 23.7 Å². The average Bonchev–Trinajstić information content (AvgIpc) is 3.22. The molecule has 3 fully saturated rings. The van der Waals surface area contributed by atoms with E-state index in [0.29, 0.717) is 19.1 Å². The number of ether oxygens (including phenoxy) is 2. The van der Waals surface area contributed by atoms with Crippen LogP contribution in [-0.2, 0) is 14.3 Å². The van der Waals surface area contributed by atoms with E-state index in [0.717, 1.165) is 19.4 Å². The van der Waals surface area contributed by atoms with Gasteiger partial charge in [-0.1, -0.05) is 19.8 Å². The van der Waals surface area contributed by atoms with E-state index >= 15 is 0 Å². The summed E-state index contributed by atoms with van der Waals surface area (Å²) in [6.45, 7) is 4.07. The Hall–Kier alpha value is -0.650. The van der Waals surface area contributed by atoms with Crippen LogP contribution in [-0.4, -0.2) is 55.5 Å². The lowest BCUT2D eigenvalue weighted by Crippen LogP contribution is -2.51. The molecule has 21 heavy (non-hydrogen) atoms. The van der Waals surface area contributed by atoms with Crippen LogP contribution in [0.3, 0.4) is 0 Å². The molecule has 3 rings (SSSR count). The van der Waals surface area contributed by atoms with E-state index in [2.05, 4.69) is 17.1 Å². The first-order valence-corrected chi connectivity index (χ1v) is 8.38. The van der Waals surface area contributed by atoms with Crippen LogP contribution < -0.4 is 5.32 Å². The topological polar surface area (TPSA) is 50.8 Å². The molecule has 120 valence electrons. The fourth-order valence-corrected chi connectivity index (χ4v) is 4.09. The largest absolute Gasteiger partial charge is 0.378 e. The van der Waals surface area contributed by atoms with Gasteiger partial charge in [0, 0.05) is 20.1 Å². The molecule has 1 N–H and O–H groups in total. The highest BCUT2D eigenvalue weighted by atomic mass is 16.5. The van der Waals surface area contributed by atoms with Crippen molar-refractivity contribution in [3.8, 4) is 0 Å². The molecule has 3 unspecified atom stereocenters. The van der Waals surface area contributed by atoms with Gasteiger partial charge in [-0.25, -0.2) is 0 Å². The van der Waals surface area contributed by atoms with Gasteiger partial charge in [0.1, 0.15) is 5.60 Å². The van der Waals surface area contributed by atoms with Crippen LogP contribution in [0.2, 0.25) is 0 Å². The lowest BCUT2D eigenvalue weighted by Gasteiger charge is -2.36. The summed E-state index contributed by atoms with van der Waals surface area (Å²) in [5.74, 6) is 0.847. The number of carbonyl (C=O) groups excluding carboxylic acids is 1. The standard InChI is InChI=1S/C16H28N2O3/c1-3-13-15(19)18(10-16(20-2)8-9-21-11-16)14(17-13)12-6-4-5-7-12/h12-14,17H,3-11H2,1-2H3. The van der Waals surface area contributed by atoms with Gasteiger partial charge < -0.3 is 14.4 Å². The molecule has 3 aliphatic rings. The van der Waals surface area contributed by atoms with Gasteiger partial charge in [-0.2, -0.15) is 0 Å². The molecule has 0 spiro atoms. The van der Waals surface area contributed by atoms with Gasteiger partial charge in [0.05, 0.1) is 25.4 Å². The van der Waals surface area contributed by atoms with E-state index in [1.807, 2.05) is 0 Å². The third-order valence-electron chi connectivity index (χ3n) is 5.50. The SMILES string of the molecule is CCC1NC(C2CCCC2)N(CC2(OC)CCOC2)C1=O. The molecule has 0 radical (unpaired) electrons. The number of amides is 1. The Kier molecular flexibility index (Phi) is 4.52. The first-order valence-electron chi connectivity index (χ1n) is 8.38. The number of nitrogens with one attached hydrogen (secondary N) is 1.